The lowest BCUT2D eigenvalue weighted by molar-refractivity contribution is -0.142. The molecule has 0 radical (unpaired) electrons. The highest BCUT2D eigenvalue weighted by Crippen LogP contribution is 2.34. The molecule has 0 N–H and O–H groups in total. The third-order valence-electron chi connectivity index (χ3n) is 2.29. The molecule has 1 rings (SSSR count). The maximum absolute atomic E-state index is 11.6. The molecular weight excluding hydrogens is 276 g/mol. The Kier molecular flexibility index (Phi) is 5.32. The van der Waals surface area contributed by atoms with E-state index >= 15 is 0 Å². The Labute approximate surface area is 103 Å². The normalized spacial score (nSPS) is 12.5. The molecule has 0 aliphatic heterocycles. The van der Waals surface area contributed by atoms with E-state index in [-0.39, 0.29) is 11.9 Å². The molecule has 1 aromatic heterocycles. The van der Waals surface area contributed by atoms with Gasteiger partial charge in [-0.05, 0) is 33.8 Å². The summed E-state index contributed by atoms with van der Waals surface area (Å²) in [5.41, 5.74) is 0. The Balaban J connectivity index is 2.81. The predicted molar refractivity (Wildman–Crippen MR) is 66.3 cm³/mol. The van der Waals surface area contributed by atoms with Crippen LogP contribution in [-0.4, -0.2) is 13.1 Å². The average molecular weight is 291 g/mol. The molecule has 2 nitrogen and oxygen atoms in total. The van der Waals surface area contributed by atoms with Crippen LogP contribution in [0.15, 0.2) is 15.9 Å². The molecule has 0 fully saturated rings. The van der Waals surface area contributed by atoms with Gasteiger partial charge in [0, 0.05) is 9.35 Å². The Morgan fingerprint density at radius 3 is 2.87 bits per heavy atom. The highest BCUT2D eigenvalue weighted by molar-refractivity contribution is 9.10. The molecule has 0 saturated heterocycles. The second kappa shape index (κ2) is 6.28. The SMILES string of the molecule is CCCCC(C(=O)OC)c1sccc1Br. The van der Waals surface area contributed by atoms with Crippen LogP contribution in [0.25, 0.3) is 0 Å². The van der Waals surface area contributed by atoms with Gasteiger partial charge in [-0.3, -0.25) is 4.79 Å². The molecule has 0 amide bonds. The van der Waals surface area contributed by atoms with Gasteiger partial charge >= 0.3 is 5.97 Å². The number of unbranched alkanes of at least 4 members (excludes halogenated alkanes) is 1. The fraction of sp³-hybridized carbons (Fsp3) is 0.545. The van der Waals surface area contributed by atoms with Crippen molar-refractivity contribution in [3.05, 3.63) is 20.8 Å². The van der Waals surface area contributed by atoms with E-state index in [4.69, 9.17) is 4.74 Å². The highest BCUT2D eigenvalue weighted by Gasteiger charge is 2.23. The van der Waals surface area contributed by atoms with Gasteiger partial charge < -0.3 is 4.74 Å². The fourth-order valence-electron chi connectivity index (χ4n) is 1.46. The molecule has 0 spiro atoms. The van der Waals surface area contributed by atoms with Gasteiger partial charge in [0.1, 0.15) is 0 Å². The van der Waals surface area contributed by atoms with Gasteiger partial charge in [-0.15, -0.1) is 11.3 Å². The van der Waals surface area contributed by atoms with E-state index in [1.165, 1.54) is 7.11 Å². The Bertz CT molecular complexity index is 322. The summed E-state index contributed by atoms with van der Waals surface area (Å²) < 4.78 is 5.85. The zero-order chi connectivity index (χ0) is 11.3. The average Bonchev–Trinajstić information content (AvgIpc) is 2.65. The van der Waals surface area contributed by atoms with Crippen LogP contribution in [0.5, 0.6) is 0 Å². The van der Waals surface area contributed by atoms with Crippen molar-refractivity contribution in [2.75, 3.05) is 7.11 Å². The van der Waals surface area contributed by atoms with Gasteiger partial charge in [0.25, 0.3) is 0 Å². The lowest BCUT2D eigenvalue weighted by Crippen LogP contribution is -2.13. The molecule has 0 aromatic carbocycles. The maximum Gasteiger partial charge on any atom is 0.314 e. The monoisotopic (exact) mass is 290 g/mol. The van der Waals surface area contributed by atoms with Gasteiger partial charge in [0.2, 0.25) is 0 Å². The van der Waals surface area contributed by atoms with Crippen LogP contribution in [0.1, 0.15) is 37.0 Å². The molecule has 1 atom stereocenters. The Morgan fingerprint density at radius 1 is 1.67 bits per heavy atom. The first kappa shape index (κ1) is 12.7. The van der Waals surface area contributed by atoms with Crippen LogP contribution >= 0.6 is 27.3 Å². The summed E-state index contributed by atoms with van der Waals surface area (Å²) in [6, 6.07) is 1.97. The van der Waals surface area contributed by atoms with Crippen LogP contribution in [0.2, 0.25) is 0 Å². The number of rotatable bonds is 5. The quantitative estimate of drug-likeness (QED) is 0.768. The fourth-order valence-corrected chi connectivity index (χ4v) is 3.23. The zero-order valence-corrected chi connectivity index (χ0v) is 11.4. The number of thiophene rings is 1. The molecule has 0 aliphatic rings. The molecular formula is C11H15BrO2S. The van der Waals surface area contributed by atoms with Crippen LogP contribution < -0.4 is 0 Å². The molecule has 0 aliphatic carbocycles. The van der Waals surface area contributed by atoms with Gasteiger partial charge in [0.05, 0.1) is 13.0 Å². The highest BCUT2D eigenvalue weighted by atomic mass is 79.9. The van der Waals surface area contributed by atoms with E-state index in [1.54, 1.807) is 11.3 Å². The van der Waals surface area contributed by atoms with Crippen LogP contribution in [0.3, 0.4) is 0 Å². The third-order valence-corrected chi connectivity index (χ3v) is 4.28. The smallest absolute Gasteiger partial charge is 0.314 e. The van der Waals surface area contributed by atoms with Gasteiger partial charge in [-0.25, -0.2) is 0 Å². The summed E-state index contributed by atoms with van der Waals surface area (Å²) in [5, 5.41) is 1.99. The molecule has 4 heteroatoms. The molecule has 0 bridgehead atoms. The Morgan fingerprint density at radius 2 is 2.40 bits per heavy atom. The molecule has 84 valence electrons. The first-order valence-corrected chi connectivity index (χ1v) is 6.68. The van der Waals surface area contributed by atoms with Gasteiger partial charge in [0.15, 0.2) is 0 Å². The number of halogens is 1. The van der Waals surface area contributed by atoms with Crippen molar-refractivity contribution >= 4 is 33.2 Å². The summed E-state index contributed by atoms with van der Waals surface area (Å²) in [5.74, 6) is -0.240. The van der Waals surface area contributed by atoms with Crippen molar-refractivity contribution in [1.82, 2.24) is 0 Å². The van der Waals surface area contributed by atoms with E-state index in [2.05, 4.69) is 22.9 Å². The van der Waals surface area contributed by atoms with E-state index in [1.807, 2.05) is 11.4 Å². The summed E-state index contributed by atoms with van der Waals surface area (Å²) in [4.78, 5) is 12.7. The van der Waals surface area contributed by atoms with E-state index in [0.29, 0.717) is 0 Å². The zero-order valence-electron chi connectivity index (χ0n) is 8.96. The summed E-state index contributed by atoms with van der Waals surface area (Å²) in [7, 11) is 1.45. The van der Waals surface area contributed by atoms with Crippen molar-refractivity contribution < 1.29 is 9.53 Å². The van der Waals surface area contributed by atoms with E-state index in [9.17, 15) is 4.79 Å². The minimum atomic E-state index is -0.133. The molecule has 0 saturated carbocycles. The summed E-state index contributed by atoms with van der Waals surface area (Å²) in [6.07, 6.45) is 3.00. The van der Waals surface area contributed by atoms with Crippen molar-refractivity contribution in [1.29, 1.82) is 0 Å². The predicted octanol–water partition coefficient (Wildman–Crippen LogP) is 3.96. The number of hydrogen-bond acceptors (Lipinski definition) is 3. The summed E-state index contributed by atoms with van der Waals surface area (Å²) >= 11 is 5.06. The molecule has 1 heterocycles. The second-order valence-electron chi connectivity index (χ2n) is 3.35. The van der Waals surface area contributed by atoms with Gasteiger partial charge in [-0.2, -0.15) is 0 Å². The molecule has 1 unspecified atom stereocenters. The van der Waals surface area contributed by atoms with Crippen LogP contribution in [0, 0.1) is 0 Å². The van der Waals surface area contributed by atoms with Crippen molar-refractivity contribution in [3.8, 4) is 0 Å². The van der Waals surface area contributed by atoms with E-state index in [0.717, 1.165) is 28.6 Å². The van der Waals surface area contributed by atoms with Crippen molar-refractivity contribution in [2.24, 2.45) is 0 Å². The number of hydrogen-bond donors (Lipinski definition) is 0. The lowest BCUT2D eigenvalue weighted by atomic mass is 10.0. The number of methoxy groups -OCH3 is 1. The third kappa shape index (κ3) is 3.31. The van der Waals surface area contributed by atoms with Gasteiger partial charge in [-0.1, -0.05) is 19.8 Å². The van der Waals surface area contributed by atoms with Crippen LogP contribution in [-0.2, 0) is 9.53 Å². The minimum absolute atomic E-state index is 0.107. The first-order valence-electron chi connectivity index (χ1n) is 5.01. The number of esters is 1. The van der Waals surface area contributed by atoms with E-state index < -0.39 is 0 Å². The maximum atomic E-state index is 11.6. The number of ether oxygens (including phenoxy) is 1. The standard InChI is InChI=1S/C11H15BrO2S/c1-3-4-5-8(11(13)14-2)10-9(12)6-7-15-10/h6-8H,3-5H2,1-2H3. The second-order valence-corrected chi connectivity index (χ2v) is 5.15. The molecule has 15 heavy (non-hydrogen) atoms. The number of carbonyl (C=O) groups is 1. The topological polar surface area (TPSA) is 26.3 Å². The molecule has 1 aromatic rings. The van der Waals surface area contributed by atoms with Crippen molar-refractivity contribution in [3.63, 3.8) is 0 Å². The van der Waals surface area contributed by atoms with Crippen LogP contribution in [0.4, 0.5) is 0 Å². The largest absolute Gasteiger partial charge is 0.469 e. The Hall–Kier alpha value is -0.350. The van der Waals surface area contributed by atoms with Crippen molar-refractivity contribution in [2.45, 2.75) is 32.1 Å². The minimum Gasteiger partial charge on any atom is -0.469 e. The number of carbonyl (C=O) groups excluding carboxylic acids is 1. The first-order chi connectivity index (χ1) is 7.20. The lowest BCUT2D eigenvalue weighted by Gasteiger charge is -2.13. The summed E-state index contributed by atoms with van der Waals surface area (Å²) in [6.45, 7) is 2.12.